The number of aromatic nitrogens is 5. The second kappa shape index (κ2) is 7.43. The number of anilines is 1. The molecule has 0 amide bonds. The van der Waals surface area contributed by atoms with Crippen molar-refractivity contribution in [2.45, 2.75) is 33.1 Å². The van der Waals surface area contributed by atoms with Crippen molar-refractivity contribution in [1.82, 2.24) is 24.7 Å². The van der Waals surface area contributed by atoms with Crippen molar-refractivity contribution in [1.29, 1.82) is 0 Å². The highest BCUT2D eigenvalue weighted by Crippen LogP contribution is 2.25. The number of fused-ring (bicyclic) bond motifs is 2. The number of unbranched alkanes of at least 4 members (excludes halogenated alkanes) is 1. The number of nitrogens with two attached hydrogens (primary N) is 1. The molecule has 0 atom stereocenters. The van der Waals surface area contributed by atoms with E-state index in [2.05, 4.69) is 45.2 Å². The quantitative estimate of drug-likeness (QED) is 0.352. The molecule has 0 radical (unpaired) electrons. The predicted octanol–water partition coefficient (Wildman–Crippen LogP) is 4.69. The van der Waals surface area contributed by atoms with Crippen LogP contribution in [0, 0.1) is 6.92 Å². The molecule has 0 aliphatic rings. The zero-order valence-electron chi connectivity index (χ0n) is 17.6. The Morgan fingerprint density at radius 2 is 1.97 bits per heavy atom. The lowest BCUT2D eigenvalue weighted by molar-refractivity contribution is 0.103. The molecule has 0 fully saturated rings. The Kier molecular flexibility index (Phi) is 4.58. The van der Waals surface area contributed by atoms with Crippen LogP contribution in [-0.2, 0) is 6.42 Å². The van der Waals surface area contributed by atoms with E-state index in [1.807, 2.05) is 31.2 Å². The third-order valence-electron chi connectivity index (χ3n) is 5.63. The second-order valence-electron chi connectivity index (χ2n) is 7.92. The van der Waals surface area contributed by atoms with Crippen molar-refractivity contribution >= 4 is 33.5 Å². The van der Waals surface area contributed by atoms with E-state index < -0.39 is 0 Å². The normalized spacial score (nSPS) is 11.5. The first-order chi connectivity index (χ1) is 15.0. The summed E-state index contributed by atoms with van der Waals surface area (Å²) in [6.07, 6.45) is 4.87. The average Bonchev–Trinajstić information content (AvgIpc) is 3.46. The van der Waals surface area contributed by atoms with Gasteiger partial charge in [-0.1, -0.05) is 25.5 Å². The number of nitrogens with zero attached hydrogens (tertiary/aromatic N) is 3. The Bertz CT molecular complexity index is 1420. The van der Waals surface area contributed by atoms with Crippen LogP contribution in [0.25, 0.3) is 27.6 Å². The Hall–Kier alpha value is -3.87. The van der Waals surface area contributed by atoms with Crippen molar-refractivity contribution in [2.75, 3.05) is 5.73 Å². The molecule has 156 valence electrons. The van der Waals surface area contributed by atoms with Gasteiger partial charge in [-0.2, -0.15) is 5.10 Å². The fraction of sp³-hybridized carbons (Fsp3) is 0.208. The second-order valence-corrected chi connectivity index (χ2v) is 7.92. The first-order valence-corrected chi connectivity index (χ1v) is 10.5. The fourth-order valence-corrected chi connectivity index (χ4v) is 3.97. The van der Waals surface area contributed by atoms with E-state index in [0.717, 1.165) is 52.7 Å². The van der Waals surface area contributed by atoms with Gasteiger partial charge in [0.15, 0.2) is 0 Å². The lowest BCUT2D eigenvalue weighted by Gasteiger charge is -2.05. The number of rotatable bonds is 6. The largest absolute Gasteiger partial charge is 0.383 e. The zero-order chi connectivity index (χ0) is 21.5. The highest BCUT2D eigenvalue weighted by molar-refractivity contribution is 6.12. The number of H-pyrrole nitrogens is 2. The van der Waals surface area contributed by atoms with E-state index in [4.69, 9.17) is 5.73 Å². The number of hydrogen-bond donors (Lipinski definition) is 3. The molecule has 7 heteroatoms. The van der Waals surface area contributed by atoms with Crippen LogP contribution in [0.15, 0.2) is 48.7 Å². The number of aryl methyl sites for hydroxylation is 2. The minimum absolute atomic E-state index is 0.173. The van der Waals surface area contributed by atoms with Crippen LogP contribution in [0.2, 0.25) is 0 Å². The van der Waals surface area contributed by atoms with Crippen LogP contribution in [0.5, 0.6) is 0 Å². The summed E-state index contributed by atoms with van der Waals surface area (Å²) in [5.74, 6) is 0.976. The standard InChI is InChI=1S/C24H24N6O/c1-3-4-5-15-6-7-16-11-22(29-20(16)10-15)23(31)18-13-26-30(24(18)25)17-8-9-19-21(12-17)28-14(2)27-19/h6-13,29H,3-5,25H2,1-2H3,(H,27,28). The van der Waals surface area contributed by atoms with Gasteiger partial charge in [0.1, 0.15) is 11.6 Å². The Morgan fingerprint density at radius 1 is 1.10 bits per heavy atom. The molecule has 31 heavy (non-hydrogen) atoms. The summed E-state index contributed by atoms with van der Waals surface area (Å²) < 4.78 is 1.58. The van der Waals surface area contributed by atoms with Crippen molar-refractivity contribution in [3.8, 4) is 5.69 Å². The summed E-state index contributed by atoms with van der Waals surface area (Å²) in [4.78, 5) is 24.1. The molecule has 0 saturated carbocycles. The summed E-state index contributed by atoms with van der Waals surface area (Å²) >= 11 is 0. The molecule has 4 N–H and O–H groups in total. The molecule has 0 unspecified atom stereocenters. The summed E-state index contributed by atoms with van der Waals surface area (Å²) in [5.41, 5.74) is 12.0. The van der Waals surface area contributed by atoms with Gasteiger partial charge in [-0.3, -0.25) is 4.79 Å². The summed E-state index contributed by atoms with van der Waals surface area (Å²) in [6, 6.07) is 13.9. The fourth-order valence-electron chi connectivity index (χ4n) is 3.97. The maximum atomic E-state index is 13.2. The van der Waals surface area contributed by atoms with Crippen molar-refractivity contribution in [3.05, 3.63) is 71.3 Å². The van der Waals surface area contributed by atoms with Gasteiger partial charge >= 0.3 is 0 Å². The lowest BCUT2D eigenvalue weighted by atomic mass is 10.1. The minimum Gasteiger partial charge on any atom is -0.383 e. The molecule has 5 aromatic rings. The highest BCUT2D eigenvalue weighted by Gasteiger charge is 2.20. The Balaban J connectivity index is 1.47. The van der Waals surface area contributed by atoms with Crippen LogP contribution < -0.4 is 5.73 Å². The molecule has 2 aromatic carbocycles. The van der Waals surface area contributed by atoms with E-state index in [9.17, 15) is 4.79 Å². The van der Waals surface area contributed by atoms with E-state index >= 15 is 0 Å². The number of hydrogen-bond acceptors (Lipinski definition) is 4. The molecular formula is C24H24N6O. The first-order valence-electron chi connectivity index (χ1n) is 10.5. The number of benzene rings is 2. The van der Waals surface area contributed by atoms with Crippen LogP contribution >= 0.6 is 0 Å². The summed E-state index contributed by atoms with van der Waals surface area (Å²) in [5, 5.41) is 5.38. The van der Waals surface area contributed by atoms with Crippen molar-refractivity contribution in [2.24, 2.45) is 0 Å². The molecule has 0 saturated heterocycles. The van der Waals surface area contributed by atoms with Gasteiger partial charge in [-0.15, -0.1) is 0 Å². The summed E-state index contributed by atoms with van der Waals surface area (Å²) in [7, 11) is 0. The molecule has 0 bridgehead atoms. The highest BCUT2D eigenvalue weighted by atomic mass is 16.1. The maximum absolute atomic E-state index is 13.2. The van der Waals surface area contributed by atoms with Crippen molar-refractivity contribution in [3.63, 3.8) is 0 Å². The number of imidazole rings is 1. The average molecular weight is 412 g/mol. The maximum Gasteiger partial charge on any atom is 0.214 e. The molecule has 3 aromatic heterocycles. The predicted molar refractivity (Wildman–Crippen MR) is 123 cm³/mol. The lowest BCUT2D eigenvalue weighted by Crippen LogP contribution is -2.07. The van der Waals surface area contributed by atoms with Gasteiger partial charge in [-0.25, -0.2) is 9.67 Å². The number of nitrogen functional groups attached to an aromatic ring is 1. The molecule has 0 aliphatic heterocycles. The topological polar surface area (TPSA) is 105 Å². The molecule has 0 aliphatic carbocycles. The van der Waals surface area contributed by atoms with E-state index in [1.165, 1.54) is 11.8 Å². The van der Waals surface area contributed by atoms with Gasteiger partial charge < -0.3 is 15.7 Å². The van der Waals surface area contributed by atoms with E-state index in [1.54, 1.807) is 4.68 Å². The molecule has 3 heterocycles. The molecule has 0 spiro atoms. The van der Waals surface area contributed by atoms with Gasteiger partial charge in [0.05, 0.1) is 34.2 Å². The van der Waals surface area contributed by atoms with Crippen LogP contribution in [0.3, 0.4) is 0 Å². The van der Waals surface area contributed by atoms with Gasteiger partial charge in [0, 0.05) is 10.9 Å². The Labute approximate surface area is 179 Å². The van der Waals surface area contributed by atoms with Crippen molar-refractivity contribution < 1.29 is 4.79 Å². The number of carbonyl (C=O) groups is 1. The van der Waals surface area contributed by atoms with Crippen LogP contribution in [0.4, 0.5) is 5.82 Å². The number of nitrogens with one attached hydrogen (secondary N) is 2. The molecule has 5 rings (SSSR count). The van der Waals surface area contributed by atoms with Gasteiger partial charge in [0.25, 0.3) is 0 Å². The molecule has 7 nitrogen and oxygen atoms in total. The van der Waals surface area contributed by atoms with Crippen LogP contribution in [0.1, 0.15) is 47.2 Å². The zero-order valence-corrected chi connectivity index (χ0v) is 17.6. The molecular weight excluding hydrogens is 388 g/mol. The summed E-state index contributed by atoms with van der Waals surface area (Å²) in [6.45, 7) is 4.09. The smallest absolute Gasteiger partial charge is 0.214 e. The number of ketones is 1. The van der Waals surface area contributed by atoms with Crippen LogP contribution in [-0.4, -0.2) is 30.5 Å². The van der Waals surface area contributed by atoms with Gasteiger partial charge in [-0.05, 0) is 55.7 Å². The van der Waals surface area contributed by atoms with E-state index in [0.29, 0.717) is 17.1 Å². The SMILES string of the molecule is CCCCc1ccc2cc(C(=O)c3cnn(-c4ccc5nc(C)[nH]c5c4)c3N)[nH]c2c1. The third-order valence-corrected chi connectivity index (χ3v) is 5.63. The van der Waals surface area contributed by atoms with Gasteiger partial charge in [0.2, 0.25) is 5.78 Å². The first kappa shape index (κ1) is 19.1. The minimum atomic E-state index is -0.173. The Morgan fingerprint density at radius 3 is 2.81 bits per heavy atom. The number of aromatic amines is 2. The van der Waals surface area contributed by atoms with E-state index in [-0.39, 0.29) is 5.78 Å². The third kappa shape index (κ3) is 3.38. The number of carbonyl (C=O) groups excluding carboxylic acids is 1. The monoisotopic (exact) mass is 412 g/mol.